The molecule has 2 rings (SSSR count). The molecule has 1 fully saturated rings. The van der Waals surface area contributed by atoms with Crippen LogP contribution in [0.25, 0.3) is 0 Å². The highest BCUT2D eigenvalue weighted by Crippen LogP contribution is 2.32. The van der Waals surface area contributed by atoms with Gasteiger partial charge in [-0.1, -0.05) is 0 Å². The molecule has 1 aromatic heterocycles. The lowest BCUT2D eigenvalue weighted by molar-refractivity contribution is -0.116. The second-order valence-corrected chi connectivity index (χ2v) is 5.06. The van der Waals surface area contributed by atoms with Gasteiger partial charge in [0.1, 0.15) is 0 Å². The summed E-state index contributed by atoms with van der Waals surface area (Å²) in [6.07, 6.45) is 6.24. The third kappa shape index (κ3) is 3.30. The van der Waals surface area contributed by atoms with Gasteiger partial charge >= 0.3 is 0 Å². The van der Waals surface area contributed by atoms with Crippen molar-refractivity contribution in [1.29, 1.82) is 0 Å². The molecular formula is C12H20N4O. The molecule has 5 heteroatoms. The van der Waals surface area contributed by atoms with Crippen LogP contribution >= 0.6 is 0 Å². The second kappa shape index (κ2) is 4.87. The standard InChI is InChI=1S/C12H20N4O/c1-8(2)16-7-10(6-14-16)15-12(17)5-11(13)9-3-4-9/h6-9,11H,3-5,13H2,1-2H3,(H,15,17). The Morgan fingerprint density at radius 2 is 2.35 bits per heavy atom. The quantitative estimate of drug-likeness (QED) is 0.814. The third-order valence-corrected chi connectivity index (χ3v) is 3.06. The van der Waals surface area contributed by atoms with Gasteiger partial charge in [-0.05, 0) is 32.6 Å². The number of aromatic nitrogens is 2. The molecule has 0 aromatic carbocycles. The summed E-state index contributed by atoms with van der Waals surface area (Å²) in [6.45, 7) is 4.09. The maximum Gasteiger partial charge on any atom is 0.226 e. The number of carbonyl (C=O) groups excluding carboxylic acids is 1. The van der Waals surface area contributed by atoms with Gasteiger partial charge in [0.25, 0.3) is 0 Å². The Bertz CT molecular complexity index is 395. The first kappa shape index (κ1) is 12.1. The number of hydrogen-bond donors (Lipinski definition) is 2. The van der Waals surface area contributed by atoms with Crippen molar-refractivity contribution in [3.63, 3.8) is 0 Å². The Morgan fingerprint density at radius 1 is 1.65 bits per heavy atom. The maximum atomic E-state index is 11.7. The number of hydrogen-bond acceptors (Lipinski definition) is 3. The monoisotopic (exact) mass is 236 g/mol. The van der Waals surface area contributed by atoms with E-state index in [1.54, 1.807) is 6.20 Å². The predicted molar refractivity (Wildman–Crippen MR) is 66.6 cm³/mol. The van der Waals surface area contributed by atoms with E-state index in [0.29, 0.717) is 18.4 Å². The normalized spacial score (nSPS) is 17.2. The van der Waals surface area contributed by atoms with Crippen molar-refractivity contribution >= 4 is 11.6 Å². The van der Waals surface area contributed by atoms with Crippen molar-refractivity contribution in [2.45, 2.75) is 45.2 Å². The van der Waals surface area contributed by atoms with Crippen molar-refractivity contribution in [2.75, 3.05) is 5.32 Å². The van der Waals surface area contributed by atoms with Crippen LogP contribution in [-0.2, 0) is 4.79 Å². The van der Waals surface area contributed by atoms with E-state index in [2.05, 4.69) is 10.4 Å². The molecule has 1 amide bonds. The first-order valence-corrected chi connectivity index (χ1v) is 6.16. The van der Waals surface area contributed by atoms with Gasteiger partial charge in [-0.3, -0.25) is 9.48 Å². The molecule has 0 bridgehead atoms. The average molecular weight is 236 g/mol. The summed E-state index contributed by atoms with van der Waals surface area (Å²) >= 11 is 0. The fourth-order valence-corrected chi connectivity index (χ4v) is 1.80. The average Bonchev–Trinajstić information content (AvgIpc) is 2.99. The van der Waals surface area contributed by atoms with Crippen molar-refractivity contribution in [1.82, 2.24) is 9.78 Å². The van der Waals surface area contributed by atoms with Gasteiger partial charge < -0.3 is 11.1 Å². The van der Waals surface area contributed by atoms with Crippen LogP contribution in [-0.4, -0.2) is 21.7 Å². The molecular weight excluding hydrogens is 216 g/mol. The van der Waals surface area contributed by atoms with Crippen LogP contribution in [0.5, 0.6) is 0 Å². The molecule has 1 unspecified atom stereocenters. The van der Waals surface area contributed by atoms with E-state index in [-0.39, 0.29) is 11.9 Å². The number of nitrogens with two attached hydrogens (primary N) is 1. The van der Waals surface area contributed by atoms with Gasteiger partial charge in [-0.2, -0.15) is 5.10 Å². The number of anilines is 1. The first-order valence-electron chi connectivity index (χ1n) is 6.16. The maximum absolute atomic E-state index is 11.7. The van der Waals surface area contributed by atoms with E-state index in [4.69, 9.17) is 5.73 Å². The van der Waals surface area contributed by atoms with Crippen molar-refractivity contribution < 1.29 is 4.79 Å². The SMILES string of the molecule is CC(C)n1cc(NC(=O)CC(N)C2CC2)cn1. The lowest BCUT2D eigenvalue weighted by atomic mass is 10.1. The molecule has 5 nitrogen and oxygen atoms in total. The second-order valence-electron chi connectivity index (χ2n) is 5.06. The Hall–Kier alpha value is -1.36. The van der Waals surface area contributed by atoms with Crippen LogP contribution in [0.2, 0.25) is 0 Å². The van der Waals surface area contributed by atoms with Gasteiger partial charge in [0.15, 0.2) is 0 Å². The minimum atomic E-state index is -0.0206. The smallest absolute Gasteiger partial charge is 0.226 e. The number of rotatable bonds is 5. The molecule has 0 spiro atoms. The lowest BCUT2D eigenvalue weighted by Crippen LogP contribution is -2.28. The van der Waals surface area contributed by atoms with Gasteiger partial charge in [-0.15, -0.1) is 0 Å². The summed E-state index contributed by atoms with van der Waals surface area (Å²) < 4.78 is 1.82. The van der Waals surface area contributed by atoms with Gasteiger partial charge in [0.05, 0.1) is 11.9 Å². The summed E-state index contributed by atoms with van der Waals surface area (Å²) in [6, 6.07) is 0.310. The zero-order valence-electron chi connectivity index (χ0n) is 10.4. The fraction of sp³-hybridized carbons (Fsp3) is 0.667. The Morgan fingerprint density at radius 3 is 2.88 bits per heavy atom. The zero-order valence-corrected chi connectivity index (χ0v) is 10.4. The zero-order chi connectivity index (χ0) is 12.4. The summed E-state index contributed by atoms with van der Waals surface area (Å²) in [4.78, 5) is 11.7. The molecule has 0 aliphatic heterocycles. The molecule has 1 aromatic rings. The highest BCUT2D eigenvalue weighted by Gasteiger charge is 2.29. The number of carbonyl (C=O) groups is 1. The summed E-state index contributed by atoms with van der Waals surface area (Å²) in [7, 11) is 0. The van der Waals surface area contributed by atoms with Crippen LogP contribution in [0.15, 0.2) is 12.4 Å². The molecule has 1 aliphatic carbocycles. The van der Waals surface area contributed by atoms with Gasteiger partial charge in [0.2, 0.25) is 5.91 Å². The Balaban J connectivity index is 1.84. The molecule has 1 aliphatic rings. The van der Waals surface area contributed by atoms with Crippen molar-refractivity contribution in [3.8, 4) is 0 Å². The molecule has 1 atom stereocenters. The van der Waals surface area contributed by atoms with Crippen LogP contribution in [0, 0.1) is 5.92 Å². The van der Waals surface area contributed by atoms with Crippen LogP contribution in [0.1, 0.15) is 39.2 Å². The Kier molecular flexibility index (Phi) is 3.47. The van der Waals surface area contributed by atoms with Gasteiger partial charge in [0, 0.05) is 24.7 Å². The minimum Gasteiger partial charge on any atom is -0.327 e. The van der Waals surface area contributed by atoms with Crippen LogP contribution < -0.4 is 11.1 Å². The summed E-state index contributed by atoms with van der Waals surface area (Å²) in [5.74, 6) is 0.534. The number of amides is 1. The molecule has 3 N–H and O–H groups in total. The molecule has 1 heterocycles. The van der Waals surface area contributed by atoms with Crippen LogP contribution in [0.4, 0.5) is 5.69 Å². The van der Waals surface area contributed by atoms with E-state index in [9.17, 15) is 4.79 Å². The van der Waals surface area contributed by atoms with Crippen LogP contribution in [0.3, 0.4) is 0 Å². The van der Waals surface area contributed by atoms with Gasteiger partial charge in [-0.25, -0.2) is 0 Å². The van der Waals surface area contributed by atoms with Crippen molar-refractivity contribution in [2.24, 2.45) is 11.7 Å². The third-order valence-electron chi connectivity index (χ3n) is 3.06. The van der Waals surface area contributed by atoms with E-state index in [0.717, 1.165) is 5.69 Å². The molecule has 0 saturated heterocycles. The Labute approximate surface area is 101 Å². The largest absolute Gasteiger partial charge is 0.327 e. The highest BCUT2D eigenvalue weighted by atomic mass is 16.1. The first-order chi connectivity index (χ1) is 8.06. The summed E-state index contributed by atoms with van der Waals surface area (Å²) in [5.41, 5.74) is 6.65. The van der Waals surface area contributed by atoms with E-state index >= 15 is 0 Å². The fourth-order valence-electron chi connectivity index (χ4n) is 1.80. The molecule has 17 heavy (non-hydrogen) atoms. The summed E-state index contributed by atoms with van der Waals surface area (Å²) in [5, 5.41) is 6.99. The lowest BCUT2D eigenvalue weighted by Gasteiger charge is -2.09. The topological polar surface area (TPSA) is 72.9 Å². The van der Waals surface area contributed by atoms with E-state index in [1.807, 2.05) is 24.7 Å². The highest BCUT2D eigenvalue weighted by molar-refractivity contribution is 5.90. The van der Waals surface area contributed by atoms with Crippen molar-refractivity contribution in [3.05, 3.63) is 12.4 Å². The molecule has 0 radical (unpaired) electrons. The predicted octanol–water partition coefficient (Wildman–Crippen LogP) is 1.53. The molecule has 1 saturated carbocycles. The number of nitrogens with one attached hydrogen (secondary N) is 1. The molecule has 94 valence electrons. The van der Waals surface area contributed by atoms with E-state index < -0.39 is 0 Å². The van der Waals surface area contributed by atoms with E-state index in [1.165, 1.54) is 12.8 Å². The number of nitrogens with zero attached hydrogens (tertiary/aromatic N) is 2. The minimum absolute atomic E-state index is 0.00939.